The van der Waals surface area contributed by atoms with E-state index in [1.165, 1.54) is 0 Å². The number of hydrogen-bond donors (Lipinski definition) is 6. The zero-order valence-corrected chi connectivity index (χ0v) is 21.3. The molecule has 1 aromatic rings. The lowest BCUT2D eigenvalue weighted by molar-refractivity contribution is -0.166. The van der Waals surface area contributed by atoms with E-state index in [2.05, 4.69) is 16.0 Å². The molecule has 0 saturated heterocycles. The van der Waals surface area contributed by atoms with Gasteiger partial charge in [0.15, 0.2) is 0 Å². The first-order chi connectivity index (χ1) is 16.9. The number of nitrogens with zero attached hydrogens (tertiary/aromatic N) is 2. The normalized spacial score (nSPS) is 11.6. The van der Waals surface area contributed by atoms with Gasteiger partial charge in [-0.2, -0.15) is 13.5 Å². The van der Waals surface area contributed by atoms with Crippen LogP contribution in [0.2, 0.25) is 0 Å². The number of hydroxylamine groups is 4. The SMILES string of the molecule is CN(O)CCCCCNC(=O)CCC(=O)N(O)CCCCCNc1c(NCCS(=O)(=O)O)c(=O)c1=O. The summed E-state index contributed by atoms with van der Waals surface area (Å²) < 4.78 is 30.2. The predicted octanol–water partition coefficient (Wildman–Crippen LogP) is -0.230. The molecule has 0 saturated carbocycles. The van der Waals surface area contributed by atoms with Gasteiger partial charge in [-0.25, -0.2) is 5.06 Å². The van der Waals surface area contributed by atoms with Gasteiger partial charge in [0.25, 0.3) is 21.0 Å². The molecule has 2 amide bonds. The van der Waals surface area contributed by atoms with Crippen molar-refractivity contribution in [2.24, 2.45) is 0 Å². The number of anilines is 2. The fraction of sp³-hybridized carbons (Fsp3) is 0.714. The number of carbonyl (C=O) groups excluding carboxylic acids is 2. The Morgan fingerprint density at radius 1 is 0.806 bits per heavy atom. The molecule has 0 spiro atoms. The fourth-order valence-electron chi connectivity index (χ4n) is 3.24. The first-order valence-corrected chi connectivity index (χ1v) is 13.5. The molecule has 0 atom stereocenters. The maximum absolute atomic E-state index is 12.0. The summed E-state index contributed by atoms with van der Waals surface area (Å²) in [6.45, 7) is 1.25. The topological polar surface area (TPSA) is 206 Å². The van der Waals surface area contributed by atoms with Crippen LogP contribution in [0.3, 0.4) is 0 Å². The van der Waals surface area contributed by atoms with Gasteiger partial charge in [0.05, 0.1) is 5.75 Å². The number of rotatable bonds is 20. The van der Waals surface area contributed by atoms with Gasteiger partial charge in [-0.15, -0.1) is 0 Å². The van der Waals surface area contributed by atoms with Crippen LogP contribution in [-0.4, -0.2) is 90.9 Å². The number of amides is 2. The molecule has 1 rings (SSSR count). The molecule has 0 aliphatic rings. The second kappa shape index (κ2) is 16.2. The first-order valence-electron chi connectivity index (χ1n) is 11.8. The van der Waals surface area contributed by atoms with Gasteiger partial charge in [0.2, 0.25) is 11.8 Å². The third-order valence-corrected chi connectivity index (χ3v) is 5.98. The van der Waals surface area contributed by atoms with Crippen LogP contribution in [0.1, 0.15) is 51.4 Å². The second-order valence-corrected chi connectivity index (χ2v) is 9.99. The molecule has 1 aromatic carbocycles. The Kier molecular flexibility index (Phi) is 14.2. The molecule has 0 unspecified atom stereocenters. The molecule has 36 heavy (non-hydrogen) atoms. The van der Waals surface area contributed by atoms with E-state index >= 15 is 0 Å². The zero-order chi connectivity index (χ0) is 27.1. The van der Waals surface area contributed by atoms with Crippen LogP contribution in [-0.2, 0) is 19.7 Å². The second-order valence-electron chi connectivity index (χ2n) is 8.42. The van der Waals surface area contributed by atoms with Crippen LogP contribution >= 0.6 is 0 Å². The molecule has 14 nitrogen and oxygen atoms in total. The Morgan fingerprint density at radius 3 is 1.94 bits per heavy atom. The molecular weight excluding hydrogens is 498 g/mol. The average Bonchev–Trinajstić information content (AvgIpc) is 2.81. The van der Waals surface area contributed by atoms with Crippen molar-refractivity contribution in [2.45, 2.75) is 51.4 Å². The molecule has 0 radical (unpaired) electrons. The third-order valence-electron chi connectivity index (χ3n) is 5.26. The van der Waals surface area contributed by atoms with Crippen molar-refractivity contribution in [2.75, 3.05) is 56.2 Å². The minimum Gasteiger partial charge on any atom is -0.380 e. The van der Waals surface area contributed by atoms with Crippen LogP contribution in [0.4, 0.5) is 11.4 Å². The quantitative estimate of drug-likeness (QED) is 0.0421. The van der Waals surface area contributed by atoms with Gasteiger partial charge >= 0.3 is 0 Å². The summed E-state index contributed by atoms with van der Waals surface area (Å²) in [4.78, 5) is 47.0. The van der Waals surface area contributed by atoms with Crippen LogP contribution in [0.5, 0.6) is 0 Å². The predicted molar refractivity (Wildman–Crippen MR) is 133 cm³/mol. The van der Waals surface area contributed by atoms with Gasteiger partial charge in [-0.1, -0.05) is 6.42 Å². The summed E-state index contributed by atoms with van der Waals surface area (Å²) in [5.41, 5.74) is -1.43. The molecule has 0 aliphatic carbocycles. The van der Waals surface area contributed by atoms with Gasteiger partial charge < -0.3 is 21.2 Å². The van der Waals surface area contributed by atoms with E-state index in [1.54, 1.807) is 7.05 Å². The van der Waals surface area contributed by atoms with Crippen molar-refractivity contribution in [3.05, 3.63) is 20.4 Å². The van der Waals surface area contributed by atoms with Crippen molar-refractivity contribution in [3.8, 4) is 0 Å². The Balaban J connectivity index is 2.14. The van der Waals surface area contributed by atoms with Crippen LogP contribution in [0.15, 0.2) is 9.59 Å². The van der Waals surface area contributed by atoms with Crippen LogP contribution in [0, 0.1) is 0 Å². The zero-order valence-electron chi connectivity index (χ0n) is 20.5. The molecule has 0 aliphatic heterocycles. The molecular formula is C21H37N5O9S. The minimum atomic E-state index is -4.19. The maximum Gasteiger partial charge on any atom is 0.266 e. The van der Waals surface area contributed by atoms with Crippen molar-refractivity contribution >= 4 is 33.3 Å². The largest absolute Gasteiger partial charge is 0.380 e. The lowest BCUT2D eigenvalue weighted by atomic mass is 10.1. The molecule has 0 heterocycles. The number of carbonyl (C=O) groups is 2. The highest BCUT2D eigenvalue weighted by molar-refractivity contribution is 7.85. The van der Waals surface area contributed by atoms with Crippen LogP contribution < -0.4 is 26.8 Å². The molecule has 6 N–H and O–H groups in total. The van der Waals surface area contributed by atoms with E-state index in [1.807, 2.05) is 0 Å². The summed E-state index contributed by atoms with van der Waals surface area (Å²) in [6, 6.07) is 0. The van der Waals surface area contributed by atoms with Gasteiger partial charge in [0, 0.05) is 52.6 Å². The smallest absolute Gasteiger partial charge is 0.266 e. The molecule has 0 bridgehead atoms. The first kappa shape index (κ1) is 31.4. The van der Waals surface area contributed by atoms with E-state index in [9.17, 15) is 32.8 Å². The molecule has 0 aromatic heterocycles. The molecule has 206 valence electrons. The van der Waals surface area contributed by atoms with Gasteiger partial charge in [-0.3, -0.25) is 28.9 Å². The van der Waals surface area contributed by atoms with Crippen molar-refractivity contribution in [1.82, 2.24) is 15.4 Å². The summed E-state index contributed by atoms with van der Waals surface area (Å²) >= 11 is 0. The monoisotopic (exact) mass is 535 g/mol. The highest BCUT2D eigenvalue weighted by Crippen LogP contribution is 2.14. The maximum atomic E-state index is 12.0. The molecule has 0 fully saturated rings. The van der Waals surface area contributed by atoms with Crippen LogP contribution in [0.25, 0.3) is 0 Å². The Labute approximate surface area is 210 Å². The highest BCUT2D eigenvalue weighted by Gasteiger charge is 2.20. The van der Waals surface area contributed by atoms with E-state index < -0.39 is 32.6 Å². The summed E-state index contributed by atoms with van der Waals surface area (Å²) in [7, 11) is -2.62. The van der Waals surface area contributed by atoms with Gasteiger partial charge in [0.1, 0.15) is 11.4 Å². The van der Waals surface area contributed by atoms with E-state index in [0.717, 1.165) is 24.3 Å². The van der Waals surface area contributed by atoms with Gasteiger partial charge in [-0.05, 0) is 32.1 Å². The Bertz CT molecular complexity index is 1010. The summed E-state index contributed by atoms with van der Waals surface area (Å²) in [6.07, 6.45) is 3.94. The standard InChI is InChI=1S/C21H37N5O9S/c1-25(31)13-6-2-4-10-22-16(27)8-9-17(28)26(32)14-7-3-5-11-23-18-19(21(30)20(18)29)24-12-15-36(33,34)35/h23-24,31-32H,2-15H2,1H3,(H,22,27)(H,33,34,35). The van der Waals surface area contributed by atoms with Crippen molar-refractivity contribution in [1.29, 1.82) is 0 Å². The average molecular weight is 536 g/mol. The summed E-state index contributed by atoms with van der Waals surface area (Å²) in [5.74, 6) is -1.43. The lowest BCUT2D eigenvalue weighted by Gasteiger charge is -2.16. The number of hydrogen-bond acceptors (Lipinski definition) is 11. The number of unbranched alkanes of at least 4 members (excludes halogenated alkanes) is 4. The van der Waals surface area contributed by atoms with Crippen molar-refractivity contribution < 1.29 is 33.0 Å². The van der Waals surface area contributed by atoms with E-state index in [4.69, 9.17) is 9.76 Å². The van der Waals surface area contributed by atoms with E-state index in [0.29, 0.717) is 44.0 Å². The highest BCUT2D eigenvalue weighted by atomic mass is 32.2. The Hall–Kier alpha value is -2.59. The Morgan fingerprint density at radius 2 is 1.36 bits per heavy atom. The lowest BCUT2D eigenvalue weighted by Crippen LogP contribution is -2.38. The summed E-state index contributed by atoms with van der Waals surface area (Å²) in [5, 5.41) is 28.6. The minimum absolute atomic E-state index is 0.0191. The third kappa shape index (κ3) is 12.9. The molecule has 15 heteroatoms. The van der Waals surface area contributed by atoms with E-state index in [-0.39, 0.29) is 43.2 Å². The fourth-order valence-corrected chi connectivity index (χ4v) is 3.60. The number of nitrogens with one attached hydrogen (secondary N) is 3. The van der Waals surface area contributed by atoms with Crippen molar-refractivity contribution in [3.63, 3.8) is 0 Å².